The first-order valence-electron chi connectivity index (χ1n) is 6.13. The molecule has 2 nitrogen and oxygen atoms in total. The van der Waals surface area contributed by atoms with Gasteiger partial charge in [0.15, 0.2) is 0 Å². The molecule has 0 heterocycles. The van der Waals surface area contributed by atoms with E-state index >= 15 is 0 Å². The van der Waals surface area contributed by atoms with Crippen LogP contribution in [0.5, 0.6) is 0 Å². The molecular formula is C14H20FNOS. The molecule has 1 rings (SSSR count). The predicted molar refractivity (Wildman–Crippen MR) is 75.3 cm³/mol. The van der Waals surface area contributed by atoms with Crippen LogP contribution >= 0.6 is 12.6 Å². The summed E-state index contributed by atoms with van der Waals surface area (Å²) in [6.45, 7) is 5.85. The number of benzene rings is 1. The molecule has 1 aromatic carbocycles. The van der Waals surface area contributed by atoms with Crippen LogP contribution in [0.1, 0.15) is 26.3 Å². The van der Waals surface area contributed by atoms with Crippen molar-refractivity contribution in [1.82, 2.24) is 5.32 Å². The Morgan fingerprint density at radius 1 is 1.28 bits per heavy atom. The highest BCUT2D eigenvalue weighted by Crippen LogP contribution is 2.10. The third-order valence-electron chi connectivity index (χ3n) is 2.74. The summed E-state index contributed by atoms with van der Waals surface area (Å²) < 4.78 is 12.7. The normalized spacial score (nSPS) is 14.3. The molecule has 4 heteroatoms. The lowest BCUT2D eigenvalue weighted by molar-refractivity contribution is -0.121. The van der Waals surface area contributed by atoms with Gasteiger partial charge in [-0.25, -0.2) is 4.39 Å². The van der Waals surface area contributed by atoms with E-state index in [1.165, 1.54) is 12.1 Å². The molecule has 1 aromatic rings. The predicted octanol–water partition coefficient (Wildman–Crippen LogP) is 2.83. The first-order chi connectivity index (χ1) is 8.40. The Hall–Kier alpha value is -1.03. The Balaban J connectivity index is 2.49. The van der Waals surface area contributed by atoms with E-state index in [1.807, 2.05) is 20.8 Å². The molecule has 0 aliphatic rings. The van der Waals surface area contributed by atoms with E-state index in [9.17, 15) is 9.18 Å². The lowest BCUT2D eigenvalue weighted by Gasteiger charge is -2.19. The van der Waals surface area contributed by atoms with Gasteiger partial charge in [0.1, 0.15) is 5.82 Å². The second kappa shape index (κ2) is 6.78. The van der Waals surface area contributed by atoms with Gasteiger partial charge in [-0.2, -0.15) is 12.6 Å². The standard InChI is InChI=1S/C14H20FNOS/c1-9(2)13(18)14(17)16-10(3)8-11-4-6-12(15)7-5-11/h4-7,9-10,13,18H,8H2,1-3H3,(H,16,17). The largest absolute Gasteiger partial charge is 0.352 e. The van der Waals surface area contributed by atoms with Crippen molar-refractivity contribution in [1.29, 1.82) is 0 Å². The summed E-state index contributed by atoms with van der Waals surface area (Å²) in [4.78, 5) is 11.8. The third-order valence-corrected chi connectivity index (χ3v) is 3.57. The van der Waals surface area contributed by atoms with Crippen LogP contribution in [0.25, 0.3) is 0 Å². The molecule has 0 aromatic heterocycles. The summed E-state index contributed by atoms with van der Waals surface area (Å²) in [5.41, 5.74) is 1.00. The maximum atomic E-state index is 12.7. The highest BCUT2D eigenvalue weighted by Gasteiger charge is 2.19. The maximum absolute atomic E-state index is 12.7. The van der Waals surface area contributed by atoms with Crippen LogP contribution in [0.3, 0.4) is 0 Å². The van der Waals surface area contributed by atoms with Gasteiger partial charge >= 0.3 is 0 Å². The Kier molecular flexibility index (Phi) is 5.66. The molecule has 0 saturated heterocycles. The van der Waals surface area contributed by atoms with Gasteiger partial charge in [0.25, 0.3) is 0 Å². The highest BCUT2D eigenvalue weighted by molar-refractivity contribution is 7.81. The number of hydrogen-bond acceptors (Lipinski definition) is 2. The SMILES string of the molecule is CC(Cc1ccc(F)cc1)NC(=O)C(S)C(C)C. The Bertz CT molecular complexity index is 391. The lowest BCUT2D eigenvalue weighted by Crippen LogP contribution is -2.40. The van der Waals surface area contributed by atoms with Crippen molar-refractivity contribution in [2.45, 2.75) is 38.5 Å². The van der Waals surface area contributed by atoms with Crippen molar-refractivity contribution >= 4 is 18.5 Å². The van der Waals surface area contributed by atoms with Crippen LogP contribution in [0, 0.1) is 11.7 Å². The summed E-state index contributed by atoms with van der Waals surface area (Å²) in [6, 6.07) is 6.34. The van der Waals surface area contributed by atoms with Crippen molar-refractivity contribution in [3.63, 3.8) is 0 Å². The first kappa shape index (κ1) is 15.0. The summed E-state index contributed by atoms with van der Waals surface area (Å²) in [7, 11) is 0. The van der Waals surface area contributed by atoms with E-state index in [4.69, 9.17) is 0 Å². The van der Waals surface area contributed by atoms with Crippen LogP contribution in [-0.4, -0.2) is 17.2 Å². The van der Waals surface area contributed by atoms with E-state index in [-0.39, 0.29) is 28.9 Å². The van der Waals surface area contributed by atoms with E-state index < -0.39 is 0 Å². The second-order valence-electron chi connectivity index (χ2n) is 4.93. The molecule has 0 radical (unpaired) electrons. The molecule has 0 saturated carbocycles. The summed E-state index contributed by atoms with van der Waals surface area (Å²) >= 11 is 4.27. The minimum atomic E-state index is -0.291. The number of nitrogens with one attached hydrogen (secondary N) is 1. The van der Waals surface area contributed by atoms with Crippen LogP contribution in [-0.2, 0) is 11.2 Å². The average molecular weight is 269 g/mol. The summed E-state index contributed by atoms with van der Waals surface area (Å²) in [5.74, 6) is -0.0973. The molecule has 0 spiro atoms. The molecule has 0 fully saturated rings. The molecular weight excluding hydrogens is 249 g/mol. The number of hydrogen-bond donors (Lipinski definition) is 2. The van der Waals surface area contributed by atoms with Crippen LogP contribution in [0.4, 0.5) is 4.39 Å². The fourth-order valence-electron chi connectivity index (χ4n) is 1.66. The number of rotatable bonds is 5. The zero-order valence-corrected chi connectivity index (χ0v) is 11.9. The van der Waals surface area contributed by atoms with E-state index in [0.29, 0.717) is 6.42 Å². The van der Waals surface area contributed by atoms with Gasteiger partial charge in [0, 0.05) is 6.04 Å². The number of carbonyl (C=O) groups excluding carboxylic acids is 1. The Morgan fingerprint density at radius 2 is 1.83 bits per heavy atom. The molecule has 2 unspecified atom stereocenters. The van der Waals surface area contributed by atoms with Crippen molar-refractivity contribution in [3.8, 4) is 0 Å². The molecule has 18 heavy (non-hydrogen) atoms. The van der Waals surface area contributed by atoms with Crippen molar-refractivity contribution < 1.29 is 9.18 Å². The van der Waals surface area contributed by atoms with Gasteiger partial charge in [-0.05, 0) is 37.0 Å². The molecule has 100 valence electrons. The van der Waals surface area contributed by atoms with Gasteiger partial charge < -0.3 is 5.32 Å². The smallest absolute Gasteiger partial charge is 0.233 e. The van der Waals surface area contributed by atoms with E-state index in [1.54, 1.807) is 12.1 Å². The fraction of sp³-hybridized carbons (Fsp3) is 0.500. The quantitative estimate of drug-likeness (QED) is 0.791. The van der Waals surface area contributed by atoms with Gasteiger partial charge in [-0.3, -0.25) is 4.79 Å². The minimum absolute atomic E-state index is 0.0105. The number of amides is 1. The van der Waals surface area contributed by atoms with Gasteiger partial charge in [-0.15, -0.1) is 0 Å². The number of carbonyl (C=O) groups is 1. The van der Waals surface area contributed by atoms with E-state index in [0.717, 1.165) is 5.56 Å². The Morgan fingerprint density at radius 3 is 2.33 bits per heavy atom. The van der Waals surface area contributed by atoms with Gasteiger partial charge in [-0.1, -0.05) is 26.0 Å². The topological polar surface area (TPSA) is 29.1 Å². The second-order valence-corrected chi connectivity index (χ2v) is 5.49. The van der Waals surface area contributed by atoms with Crippen LogP contribution in [0.15, 0.2) is 24.3 Å². The summed E-state index contributed by atoms with van der Waals surface area (Å²) in [6.07, 6.45) is 0.685. The lowest BCUT2D eigenvalue weighted by atomic mass is 10.1. The minimum Gasteiger partial charge on any atom is -0.352 e. The molecule has 0 aliphatic carbocycles. The first-order valence-corrected chi connectivity index (χ1v) is 6.64. The monoisotopic (exact) mass is 269 g/mol. The van der Waals surface area contributed by atoms with Gasteiger partial charge in [0.05, 0.1) is 5.25 Å². The molecule has 1 N–H and O–H groups in total. The molecule has 0 aliphatic heterocycles. The van der Waals surface area contributed by atoms with Crippen LogP contribution < -0.4 is 5.32 Å². The molecule has 0 bridgehead atoms. The van der Waals surface area contributed by atoms with Gasteiger partial charge in [0.2, 0.25) is 5.91 Å². The fourth-order valence-corrected chi connectivity index (χ4v) is 1.73. The summed E-state index contributed by atoms with van der Waals surface area (Å²) in [5, 5.41) is 2.62. The molecule has 1 amide bonds. The third kappa shape index (κ3) is 4.69. The zero-order chi connectivity index (χ0) is 13.7. The zero-order valence-electron chi connectivity index (χ0n) is 11.0. The highest BCUT2D eigenvalue weighted by atomic mass is 32.1. The number of thiol groups is 1. The number of halogens is 1. The maximum Gasteiger partial charge on any atom is 0.233 e. The van der Waals surface area contributed by atoms with Crippen molar-refractivity contribution in [3.05, 3.63) is 35.6 Å². The van der Waals surface area contributed by atoms with Crippen molar-refractivity contribution in [2.75, 3.05) is 0 Å². The van der Waals surface area contributed by atoms with Crippen LogP contribution in [0.2, 0.25) is 0 Å². The van der Waals surface area contributed by atoms with Crippen molar-refractivity contribution in [2.24, 2.45) is 5.92 Å². The average Bonchev–Trinajstić information content (AvgIpc) is 2.30. The molecule has 2 atom stereocenters. The Labute approximate surface area is 113 Å². The van der Waals surface area contributed by atoms with E-state index in [2.05, 4.69) is 17.9 Å².